The normalized spacial score (nSPS) is 13.4. The molecule has 2 rings (SSSR count). The van der Waals surface area contributed by atoms with Crippen LogP contribution in [0.15, 0.2) is 46.0 Å². The molecule has 2 aromatic rings. The molecule has 1 N–H and O–H groups in total. The van der Waals surface area contributed by atoms with Crippen molar-refractivity contribution in [2.75, 3.05) is 0 Å². The van der Waals surface area contributed by atoms with Gasteiger partial charge in [0, 0.05) is 6.20 Å². The number of pyridine rings is 1. The lowest BCUT2D eigenvalue weighted by Gasteiger charge is -2.11. The molecule has 0 aliphatic carbocycles. The number of nitrogens with zero attached hydrogens (tertiary/aromatic N) is 1. The highest BCUT2D eigenvalue weighted by Crippen LogP contribution is 2.18. The van der Waals surface area contributed by atoms with Crippen molar-refractivity contribution in [3.8, 4) is 0 Å². The number of aromatic nitrogens is 1. The molecule has 2 heterocycles. The van der Waals surface area contributed by atoms with Crippen LogP contribution in [0.25, 0.3) is 0 Å². The molecule has 1 unspecified atom stereocenters. The van der Waals surface area contributed by atoms with Gasteiger partial charge in [-0.05, 0) is 31.2 Å². The molecule has 0 fully saturated rings. The molecule has 7 heteroatoms. The Kier molecular flexibility index (Phi) is 3.70. The van der Waals surface area contributed by atoms with Crippen LogP contribution in [0.5, 0.6) is 0 Å². The van der Waals surface area contributed by atoms with Crippen molar-refractivity contribution < 1.29 is 12.8 Å². The average molecular weight is 287 g/mol. The summed E-state index contributed by atoms with van der Waals surface area (Å²) in [5, 5.41) is 0.128. The molecule has 0 saturated heterocycles. The molecule has 18 heavy (non-hydrogen) atoms. The molecular formula is C11H11ClN2O3S. The Labute approximate surface area is 110 Å². The minimum Gasteiger partial charge on any atom is -0.468 e. The summed E-state index contributed by atoms with van der Waals surface area (Å²) in [6, 6.07) is 5.61. The first-order chi connectivity index (χ1) is 8.49. The zero-order chi connectivity index (χ0) is 13.2. The van der Waals surface area contributed by atoms with Crippen LogP contribution in [0.4, 0.5) is 0 Å². The molecule has 2 aromatic heterocycles. The third-order valence-corrected chi connectivity index (χ3v) is 4.06. The van der Waals surface area contributed by atoms with E-state index in [9.17, 15) is 8.42 Å². The molecule has 0 aliphatic heterocycles. The van der Waals surface area contributed by atoms with E-state index in [-0.39, 0.29) is 10.0 Å². The van der Waals surface area contributed by atoms with Crippen LogP contribution < -0.4 is 4.72 Å². The molecule has 96 valence electrons. The molecule has 0 radical (unpaired) electrons. The first-order valence-corrected chi connectivity index (χ1v) is 7.02. The van der Waals surface area contributed by atoms with Gasteiger partial charge in [0.1, 0.15) is 10.9 Å². The first-order valence-electron chi connectivity index (χ1n) is 5.16. The number of hydrogen-bond acceptors (Lipinski definition) is 4. The van der Waals surface area contributed by atoms with Gasteiger partial charge in [-0.3, -0.25) is 0 Å². The van der Waals surface area contributed by atoms with Crippen LogP contribution in [-0.4, -0.2) is 13.4 Å². The highest BCUT2D eigenvalue weighted by atomic mass is 35.5. The van der Waals surface area contributed by atoms with Gasteiger partial charge in [-0.2, -0.15) is 0 Å². The van der Waals surface area contributed by atoms with Crippen LogP contribution in [-0.2, 0) is 10.0 Å². The fourth-order valence-electron chi connectivity index (χ4n) is 1.45. The lowest BCUT2D eigenvalue weighted by molar-refractivity contribution is 0.459. The van der Waals surface area contributed by atoms with E-state index < -0.39 is 16.1 Å². The summed E-state index contributed by atoms with van der Waals surface area (Å²) in [4.78, 5) is 3.81. The summed E-state index contributed by atoms with van der Waals surface area (Å²) in [5.74, 6) is 0.540. The molecule has 0 aromatic carbocycles. The van der Waals surface area contributed by atoms with Crippen LogP contribution in [0, 0.1) is 0 Å². The van der Waals surface area contributed by atoms with Gasteiger partial charge in [-0.25, -0.2) is 18.1 Å². The first kappa shape index (κ1) is 13.1. The predicted octanol–water partition coefficient (Wildman–Crippen LogP) is 2.37. The molecule has 1 atom stereocenters. The second kappa shape index (κ2) is 5.09. The second-order valence-corrected chi connectivity index (χ2v) is 5.77. The quantitative estimate of drug-likeness (QED) is 0.876. The molecular weight excluding hydrogens is 276 g/mol. The van der Waals surface area contributed by atoms with Gasteiger partial charge in [-0.1, -0.05) is 11.6 Å². The van der Waals surface area contributed by atoms with Crippen molar-refractivity contribution in [3.05, 3.63) is 47.6 Å². The van der Waals surface area contributed by atoms with Gasteiger partial charge in [0.2, 0.25) is 10.0 Å². The third kappa shape index (κ3) is 2.90. The minimum atomic E-state index is -3.64. The molecule has 5 nitrogen and oxygen atoms in total. The third-order valence-electron chi connectivity index (χ3n) is 2.31. The van der Waals surface area contributed by atoms with Crippen molar-refractivity contribution in [1.82, 2.24) is 9.71 Å². The van der Waals surface area contributed by atoms with E-state index >= 15 is 0 Å². The standard InChI is InChI=1S/C11H11ClN2O3S/c1-8(10-3-2-6-17-10)14-18(15,16)9-4-5-13-11(12)7-9/h2-8,14H,1H3. The van der Waals surface area contributed by atoms with Crippen molar-refractivity contribution in [2.24, 2.45) is 0 Å². The number of sulfonamides is 1. The van der Waals surface area contributed by atoms with Crippen molar-refractivity contribution in [2.45, 2.75) is 17.9 Å². The van der Waals surface area contributed by atoms with E-state index in [1.54, 1.807) is 19.1 Å². The maximum absolute atomic E-state index is 12.1. The second-order valence-electron chi connectivity index (χ2n) is 3.67. The van der Waals surface area contributed by atoms with E-state index in [1.165, 1.54) is 24.6 Å². The predicted molar refractivity (Wildman–Crippen MR) is 66.7 cm³/mol. The summed E-state index contributed by atoms with van der Waals surface area (Å²) in [6.07, 6.45) is 2.83. The van der Waals surface area contributed by atoms with Crippen molar-refractivity contribution >= 4 is 21.6 Å². The lowest BCUT2D eigenvalue weighted by atomic mass is 10.3. The van der Waals surface area contributed by atoms with E-state index in [4.69, 9.17) is 16.0 Å². The molecule has 0 spiro atoms. The van der Waals surface area contributed by atoms with Gasteiger partial charge in [0.05, 0.1) is 17.2 Å². The number of furan rings is 1. The Morgan fingerprint density at radius 2 is 2.22 bits per heavy atom. The molecule has 0 aliphatic rings. The number of rotatable bonds is 4. The zero-order valence-electron chi connectivity index (χ0n) is 9.50. The Hall–Kier alpha value is -1.37. The van der Waals surface area contributed by atoms with Gasteiger partial charge < -0.3 is 4.42 Å². The van der Waals surface area contributed by atoms with Crippen LogP contribution in [0.3, 0.4) is 0 Å². The maximum atomic E-state index is 12.1. The van der Waals surface area contributed by atoms with Crippen molar-refractivity contribution in [1.29, 1.82) is 0 Å². The summed E-state index contributed by atoms with van der Waals surface area (Å²) in [7, 11) is -3.64. The van der Waals surface area contributed by atoms with E-state index in [2.05, 4.69) is 9.71 Å². The fraction of sp³-hybridized carbons (Fsp3) is 0.182. The largest absolute Gasteiger partial charge is 0.468 e. The van der Waals surface area contributed by atoms with E-state index in [0.717, 1.165) is 0 Å². The summed E-state index contributed by atoms with van der Waals surface area (Å²) in [6.45, 7) is 1.69. The summed E-state index contributed by atoms with van der Waals surface area (Å²) < 4.78 is 31.7. The van der Waals surface area contributed by atoms with Gasteiger partial charge >= 0.3 is 0 Å². The van der Waals surface area contributed by atoms with E-state index in [0.29, 0.717) is 5.76 Å². The van der Waals surface area contributed by atoms with Crippen LogP contribution in [0.1, 0.15) is 18.7 Å². The van der Waals surface area contributed by atoms with Crippen LogP contribution in [0.2, 0.25) is 5.15 Å². The maximum Gasteiger partial charge on any atom is 0.241 e. The summed E-state index contributed by atoms with van der Waals surface area (Å²) >= 11 is 5.67. The van der Waals surface area contributed by atoms with Gasteiger partial charge in [0.25, 0.3) is 0 Å². The number of hydrogen-bond donors (Lipinski definition) is 1. The molecule has 0 amide bonds. The smallest absolute Gasteiger partial charge is 0.241 e. The van der Waals surface area contributed by atoms with Crippen LogP contribution >= 0.6 is 11.6 Å². The van der Waals surface area contributed by atoms with Gasteiger partial charge in [-0.15, -0.1) is 0 Å². The van der Waals surface area contributed by atoms with Gasteiger partial charge in [0.15, 0.2) is 0 Å². The Bertz CT molecular complexity index is 625. The van der Waals surface area contributed by atoms with Crippen molar-refractivity contribution in [3.63, 3.8) is 0 Å². The Morgan fingerprint density at radius 1 is 1.44 bits per heavy atom. The number of halogens is 1. The lowest BCUT2D eigenvalue weighted by Crippen LogP contribution is -2.26. The Morgan fingerprint density at radius 3 is 2.83 bits per heavy atom. The Balaban J connectivity index is 2.22. The average Bonchev–Trinajstić information content (AvgIpc) is 2.82. The molecule has 0 bridgehead atoms. The molecule has 0 saturated carbocycles. The highest BCUT2D eigenvalue weighted by molar-refractivity contribution is 7.89. The number of nitrogens with one attached hydrogen (secondary N) is 1. The zero-order valence-corrected chi connectivity index (χ0v) is 11.1. The topological polar surface area (TPSA) is 72.2 Å². The van der Waals surface area contributed by atoms with E-state index in [1.807, 2.05) is 0 Å². The monoisotopic (exact) mass is 286 g/mol. The fourth-order valence-corrected chi connectivity index (χ4v) is 2.91. The highest BCUT2D eigenvalue weighted by Gasteiger charge is 2.20. The SMILES string of the molecule is CC(NS(=O)(=O)c1ccnc(Cl)c1)c1ccco1. The minimum absolute atomic E-state index is 0.0703. The summed E-state index contributed by atoms with van der Waals surface area (Å²) in [5.41, 5.74) is 0.